The summed E-state index contributed by atoms with van der Waals surface area (Å²) in [5.74, 6) is 0.803. The molecule has 1 saturated heterocycles. The maximum atomic E-state index is 4.40. The van der Waals surface area contributed by atoms with E-state index in [4.69, 9.17) is 0 Å². The molecule has 1 fully saturated rings. The number of hydrogen-bond donors (Lipinski definition) is 0. The van der Waals surface area contributed by atoms with E-state index in [0.29, 0.717) is 6.04 Å². The lowest BCUT2D eigenvalue weighted by molar-refractivity contribution is 0.263. The highest BCUT2D eigenvalue weighted by Crippen LogP contribution is 2.27. The van der Waals surface area contributed by atoms with Gasteiger partial charge in [-0.2, -0.15) is 5.10 Å². The number of aromatic nitrogens is 3. The van der Waals surface area contributed by atoms with E-state index in [1.165, 1.54) is 42.6 Å². The van der Waals surface area contributed by atoms with Crippen molar-refractivity contribution in [1.82, 2.24) is 19.5 Å². The van der Waals surface area contributed by atoms with Crippen molar-refractivity contribution in [2.45, 2.75) is 32.7 Å². The molecule has 1 atom stereocenters. The summed E-state index contributed by atoms with van der Waals surface area (Å²) in [6.07, 6.45) is 4.72. The van der Waals surface area contributed by atoms with Gasteiger partial charge in [0, 0.05) is 17.8 Å². The van der Waals surface area contributed by atoms with Gasteiger partial charge in [0.05, 0.1) is 0 Å². The average molecular weight is 306 g/mol. The number of benzene rings is 1. The first-order valence-corrected chi connectivity index (χ1v) is 8.38. The summed E-state index contributed by atoms with van der Waals surface area (Å²) in [6.45, 7) is 6.68. The molecule has 4 rings (SSSR count). The first kappa shape index (κ1) is 14.4. The molecule has 3 heterocycles. The number of rotatable bonds is 3. The van der Waals surface area contributed by atoms with E-state index in [1.54, 1.807) is 0 Å². The molecule has 118 valence electrons. The van der Waals surface area contributed by atoms with Crippen LogP contribution in [0.2, 0.25) is 0 Å². The van der Waals surface area contributed by atoms with Crippen molar-refractivity contribution in [2.24, 2.45) is 0 Å². The predicted octanol–water partition coefficient (Wildman–Crippen LogP) is 3.86. The Hall–Kier alpha value is -2.20. The minimum atomic E-state index is 0.506. The molecule has 0 unspecified atom stereocenters. The lowest BCUT2D eigenvalue weighted by Crippen LogP contribution is -2.23. The number of fused-ring (bicyclic) bond motifs is 1. The molecular weight excluding hydrogens is 284 g/mol. The molecule has 4 nitrogen and oxygen atoms in total. The first-order valence-electron chi connectivity index (χ1n) is 8.38. The van der Waals surface area contributed by atoms with Gasteiger partial charge in [0.15, 0.2) is 5.65 Å². The van der Waals surface area contributed by atoms with Crippen LogP contribution in [0.4, 0.5) is 0 Å². The largest absolute Gasteiger partial charge is 0.297 e. The van der Waals surface area contributed by atoms with Crippen molar-refractivity contribution in [1.29, 1.82) is 0 Å². The van der Waals surface area contributed by atoms with Crippen LogP contribution in [0, 0.1) is 6.92 Å². The second-order valence-electron chi connectivity index (χ2n) is 6.42. The Balaban J connectivity index is 1.61. The topological polar surface area (TPSA) is 33.4 Å². The zero-order chi connectivity index (χ0) is 15.8. The summed E-state index contributed by atoms with van der Waals surface area (Å²) in [5.41, 5.74) is 4.68. The molecule has 1 aliphatic rings. The maximum absolute atomic E-state index is 4.40. The lowest BCUT2D eigenvalue weighted by atomic mass is 10.0. The number of aryl methyl sites for hydroxylation is 1. The molecule has 1 aromatic carbocycles. The van der Waals surface area contributed by atoms with Crippen LogP contribution >= 0.6 is 0 Å². The Kier molecular flexibility index (Phi) is 3.62. The molecule has 0 aliphatic carbocycles. The van der Waals surface area contributed by atoms with Crippen molar-refractivity contribution in [3.8, 4) is 11.1 Å². The normalized spacial score (nSPS) is 17.0. The molecule has 0 N–H and O–H groups in total. The molecular formula is C19H22N4. The van der Waals surface area contributed by atoms with Gasteiger partial charge in [-0.15, -0.1) is 0 Å². The molecule has 3 aromatic rings. The molecule has 0 amide bonds. The van der Waals surface area contributed by atoms with Crippen molar-refractivity contribution in [2.75, 3.05) is 13.1 Å². The zero-order valence-corrected chi connectivity index (χ0v) is 13.7. The maximum Gasteiger partial charge on any atom is 0.155 e. The second kappa shape index (κ2) is 5.78. The highest BCUT2D eigenvalue weighted by atomic mass is 15.3. The van der Waals surface area contributed by atoms with Gasteiger partial charge < -0.3 is 0 Å². The monoisotopic (exact) mass is 306 g/mol. The van der Waals surface area contributed by atoms with Crippen molar-refractivity contribution in [3.05, 3.63) is 54.0 Å². The Morgan fingerprint density at radius 3 is 2.39 bits per heavy atom. The van der Waals surface area contributed by atoms with E-state index >= 15 is 0 Å². The van der Waals surface area contributed by atoms with Gasteiger partial charge >= 0.3 is 0 Å². The summed E-state index contributed by atoms with van der Waals surface area (Å²) in [5, 5.41) is 4.40. The summed E-state index contributed by atoms with van der Waals surface area (Å²) in [6, 6.07) is 13.6. The Bertz CT molecular complexity index is 813. The van der Waals surface area contributed by atoms with E-state index < -0.39 is 0 Å². The van der Waals surface area contributed by atoms with Crippen LogP contribution in [-0.2, 0) is 0 Å². The number of hydrogen-bond acceptors (Lipinski definition) is 3. The summed E-state index contributed by atoms with van der Waals surface area (Å²) < 4.78 is 1.85. The summed E-state index contributed by atoms with van der Waals surface area (Å²) in [7, 11) is 0. The summed E-state index contributed by atoms with van der Waals surface area (Å²) >= 11 is 0. The van der Waals surface area contributed by atoms with Gasteiger partial charge in [-0.05, 0) is 63.0 Å². The molecule has 0 bridgehead atoms. The molecule has 4 heteroatoms. The molecule has 0 saturated carbocycles. The third-order valence-electron chi connectivity index (χ3n) is 4.85. The standard InChI is InChI=1S/C19H22N4/c1-14(22-11-3-4-12-22)16-5-7-17(8-6-16)18-9-10-19-20-15(2)21-23(19)13-18/h5-10,13-14H,3-4,11-12H2,1-2H3/t14-/m0/s1. The van der Waals surface area contributed by atoms with Crippen LogP contribution in [0.3, 0.4) is 0 Å². The van der Waals surface area contributed by atoms with E-state index in [2.05, 4.69) is 52.2 Å². The molecule has 0 radical (unpaired) electrons. The van der Waals surface area contributed by atoms with Crippen molar-refractivity contribution >= 4 is 5.65 Å². The fraction of sp³-hybridized carbons (Fsp3) is 0.368. The number of nitrogens with zero attached hydrogens (tertiary/aromatic N) is 4. The molecule has 23 heavy (non-hydrogen) atoms. The number of pyridine rings is 1. The smallest absolute Gasteiger partial charge is 0.155 e. The minimum absolute atomic E-state index is 0.506. The van der Waals surface area contributed by atoms with Crippen LogP contribution in [0.1, 0.15) is 37.2 Å². The summed E-state index contributed by atoms with van der Waals surface area (Å²) in [4.78, 5) is 6.94. The second-order valence-corrected chi connectivity index (χ2v) is 6.42. The SMILES string of the molecule is Cc1nc2ccc(-c3ccc([C@H](C)N4CCCC4)cc3)cn2n1. The van der Waals surface area contributed by atoms with Gasteiger partial charge in [-0.3, -0.25) is 4.90 Å². The third kappa shape index (κ3) is 2.75. The lowest BCUT2D eigenvalue weighted by Gasteiger charge is -2.24. The fourth-order valence-electron chi connectivity index (χ4n) is 3.46. The van der Waals surface area contributed by atoms with Crippen molar-refractivity contribution in [3.63, 3.8) is 0 Å². The highest BCUT2D eigenvalue weighted by molar-refractivity contribution is 5.64. The fourth-order valence-corrected chi connectivity index (χ4v) is 3.46. The quantitative estimate of drug-likeness (QED) is 0.736. The molecule has 0 spiro atoms. The average Bonchev–Trinajstić information content (AvgIpc) is 3.22. The van der Waals surface area contributed by atoms with Gasteiger partial charge in [-0.25, -0.2) is 9.50 Å². The van der Waals surface area contributed by atoms with Crippen LogP contribution in [-0.4, -0.2) is 32.6 Å². The van der Waals surface area contributed by atoms with E-state index in [-0.39, 0.29) is 0 Å². The zero-order valence-electron chi connectivity index (χ0n) is 13.7. The molecule has 2 aromatic heterocycles. The van der Waals surface area contributed by atoms with Gasteiger partial charge in [-0.1, -0.05) is 24.3 Å². The molecule has 1 aliphatic heterocycles. The van der Waals surface area contributed by atoms with E-state index in [0.717, 1.165) is 11.5 Å². The first-order chi connectivity index (χ1) is 11.2. The minimum Gasteiger partial charge on any atom is -0.297 e. The highest BCUT2D eigenvalue weighted by Gasteiger charge is 2.19. The van der Waals surface area contributed by atoms with E-state index in [9.17, 15) is 0 Å². The van der Waals surface area contributed by atoms with Crippen LogP contribution in [0.5, 0.6) is 0 Å². The Labute approximate surface area is 136 Å². The van der Waals surface area contributed by atoms with E-state index in [1.807, 2.05) is 23.7 Å². The van der Waals surface area contributed by atoms with Gasteiger partial charge in [0.25, 0.3) is 0 Å². The third-order valence-corrected chi connectivity index (χ3v) is 4.85. The Morgan fingerprint density at radius 1 is 0.957 bits per heavy atom. The van der Waals surface area contributed by atoms with Crippen molar-refractivity contribution < 1.29 is 0 Å². The predicted molar refractivity (Wildman–Crippen MR) is 92.4 cm³/mol. The van der Waals surface area contributed by atoms with Gasteiger partial charge in [0.1, 0.15) is 5.82 Å². The van der Waals surface area contributed by atoms with Gasteiger partial charge in [0.2, 0.25) is 0 Å². The Morgan fingerprint density at radius 2 is 1.65 bits per heavy atom. The van der Waals surface area contributed by atoms with Crippen LogP contribution in [0.25, 0.3) is 16.8 Å². The number of likely N-dealkylation sites (tertiary alicyclic amines) is 1. The van der Waals surface area contributed by atoms with Crippen LogP contribution in [0.15, 0.2) is 42.6 Å². The van der Waals surface area contributed by atoms with Crippen LogP contribution < -0.4 is 0 Å².